The SMILES string of the molecule is CCNc1nc(C)c(-c2ccc(OC)cc2)cc1C#N. The molecule has 20 heavy (non-hydrogen) atoms. The topological polar surface area (TPSA) is 57.9 Å². The van der Waals surface area contributed by atoms with E-state index in [0.29, 0.717) is 11.4 Å². The van der Waals surface area contributed by atoms with E-state index in [1.165, 1.54) is 0 Å². The molecule has 1 aromatic heterocycles. The molecule has 1 heterocycles. The summed E-state index contributed by atoms with van der Waals surface area (Å²) in [6.45, 7) is 4.67. The van der Waals surface area contributed by atoms with Crippen molar-refractivity contribution in [3.63, 3.8) is 0 Å². The van der Waals surface area contributed by atoms with Crippen LogP contribution in [0.1, 0.15) is 18.2 Å². The van der Waals surface area contributed by atoms with Crippen molar-refractivity contribution in [2.24, 2.45) is 0 Å². The molecule has 0 amide bonds. The van der Waals surface area contributed by atoms with Crippen LogP contribution in [-0.2, 0) is 0 Å². The van der Waals surface area contributed by atoms with E-state index in [1.807, 2.05) is 44.2 Å². The number of benzene rings is 1. The molecular weight excluding hydrogens is 250 g/mol. The number of methoxy groups -OCH3 is 1. The summed E-state index contributed by atoms with van der Waals surface area (Å²) in [4.78, 5) is 4.49. The number of hydrogen-bond acceptors (Lipinski definition) is 4. The lowest BCUT2D eigenvalue weighted by Gasteiger charge is -2.11. The maximum absolute atomic E-state index is 9.24. The van der Waals surface area contributed by atoms with Gasteiger partial charge in [0.2, 0.25) is 0 Å². The smallest absolute Gasteiger partial charge is 0.144 e. The van der Waals surface area contributed by atoms with Gasteiger partial charge in [0, 0.05) is 17.8 Å². The predicted octanol–water partition coefficient (Wildman–Crippen LogP) is 3.37. The normalized spacial score (nSPS) is 9.90. The number of nitrogens with zero attached hydrogens (tertiary/aromatic N) is 2. The van der Waals surface area contributed by atoms with Gasteiger partial charge in [0.1, 0.15) is 17.6 Å². The molecule has 0 aliphatic rings. The van der Waals surface area contributed by atoms with Gasteiger partial charge in [-0.2, -0.15) is 5.26 Å². The van der Waals surface area contributed by atoms with Crippen molar-refractivity contribution in [2.75, 3.05) is 19.0 Å². The average molecular weight is 267 g/mol. The van der Waals surface area contributed by atoms with E-state index in [0.717, 1.165) is 29.1 Å². The van der Waals surface area contributed by atoms with Crippen molar-refractivity contribution in [3.8, 4) is 22.9 Å². The van der Waals surface area contributed by atoms with E-state index in [2.05, 4.69) is 16.4 Å². The first kappa shape index (κ1) is 13.9. The Hall–Kier alpha value is -2.54. The highest BCUT2D eigenvalue weighted by molar-refractivity contribution is 5.71. The minimum absolute atomic E-state index is 0.559. The first-order valence-corrected chi connectivity index (χ1v) is 6.49. The van der Waals surface area contributed by atoms with Gasteiger partial charge in [0.15, 0.2) is 0 Å². The number of anilines is 1. The Bertz CT molecular complexity index is 642. The third kappa shape index (κ3) is 2.72. The van der Waals surface area contributed by atoms with E-state index in [4.69, 9.17) is 4.74 Å². The zero-order chi connectivity index (χ0) is 14.5. The first-order valence-electron chi connectivity index (χ1n) is 6.49. The van der Waals surface area contributed by atoms with Gasteiger partial charge in [0.05, 0.1) is 12.7 Å². The standard InChI is InChI=1S/C16H17N3O/c1-4-18-16-13(10-17)9-15(11(2)19-16)12-5-7-14(20-3)8-6-12/h5-9H,4H2,1-3H3,(H,18,19). The molecule has 4 heteroatoms. The zero-order valence-corrected chi connectivity index (χ0v) is 11.9. The van der Waals surface area contributed by atoms with Crippen LogP contribution in [0.3, 0.4) is 0 Å². The molecule has 0 saturated heterocycles. The second-order valence-corrected chi connectivity index (χ2v) is 4.39. The predicted molar refractivity (Wildman–Crippen MR) is 79.8 cm³/mol. The van der Waals surface area contributed by atoms with Crippen molar-refractivity contribution < 1.29 is 4.74 Å². The fourth-order valence-electron chi connectivity index (χ4n) is 2.06. The maximum atomic E-state index is 9.24. The van der Waals surface area contributed by atoms with Crippen LogP contribution in [0, 0.1) is 18.3 Å². The molecule has 102 valence electrons. The quantitative estimate of drug-likeness (QED) is 0.922. The second kappa shape index (κ2) is 6.07. The van der Waals surface area contributed by atoms with Gasteiger partial charge in [-0.3, -0.25) is 0 Å². The van der Waals surface area contributed by atoms with Crippen molar-refractivity contribution in [3.05, 3.63) is 41.6 Å². The number of aryl methyl sites for hydroxylation is 1. The lowest BCUT2D eigenvalue weighted by atomic mass is 10.0. The van der Waals surface area contributed by atoms with E-state index in [1.54, 1.807) is 7.11 Å². The fourth-order valence-corrected chi connectivity index (χ4v) is 2.06. The van der Waals surface area contributed by atoms with Crippen LogP contribution < -0.4 is 10.1 Å². The van der Waals surface area contributed by atoms with Crippen LogP contribution in [0.25, 0.3) is 11.1 Å². The number of nitriles is 1. The van der Waals surface area contributed by atoms with E-state index >= 15 is 0 Å². The number of aromatic nitrogens is 1. The van der Waals surface area contributed by atoms with Crippen LogP contribution >= 0.6 is 0 Å². The van der Waals surface area contributed by atoms with Crippen LogP contribution in [0.4, 0.5) is 5.82 Å². The molecule has 0 spiro atoms. The Balaban J connectivity index is 2.48. The van der Waals surface area contributed by atoms with E-state index in [9.17, 15) is 5.26 Å². The van der Waals surface area contributed by atoms with Crippen molar-refractivity contribution in [1.82, 2.24) is 4.98 Å². The number of pyridine rings is 1. The third-order valence-corrected chi connectivity index (χ3v) is 3.08. The Morgan fingerprint density at radius 3 is 2.55 bits per heavy atom. The number of ether oxygens (including phenoxy) is 1. The summed E-state index contributed by atoms with van der Waals surface area (Å²) in [6, 6.07) is 11.8. The largest absolute Gasteiger partial charge is 0.497 e. The van der Waals surface area contributed by atoms with Crippen LogP contribution in [0.15, 0.2) is 30.3 Å². The molecular formula is C16H17N3O. The van der Waals surface area contributed by atoms with Gasteiger partial charge >= 0.3 is 0 Å². The van der Waals surface area contributed by atoms with Gasteiger partial charge in [-0.05, 0) is 37.6 Å². The molecule has 0 fully saturated rings. The third-order valence-electron chi connectivity index (χ3n) is 3.08. The summed E-state index contributed by atoms with van der Waals surface area (Å²) in [7, 11) is 1.64. The number of hydrogen-bond donors (Lipinski definition) is 1. The number of nitrogens with one attached hydrogen (secondary N) is 1. The van der Waals surface area contributed by atoms with Gasteiger partial charge in [-0.1, -0.05) is 12.1 Å². The molecule has 2 rings (SSSR count). The average Bonchev–Trinajstić information content (AvgIpc) is 2.48. The highest BCUT2D eigenvalue weighted by atomic mass is 16.5. The van der Waals surface area contributed by atoms with E-state index in [-0.39, 0.29) is 0 Å². The lowest BCUT2D eigenvalue weighted by molar-refractivity contribution is 0.415. The molecule has 0 aliphatic carbocycles. The molecule has 0 atom stereocenters. The Morgan fingerprint density at radius 1 is 1.30 bits per heavy atom. The molecule has 0 radical (unpaired) electrons. The van der Waals surface area contributed by atoms with Crippen molar-refractivity contribution in [1.29, 1.82) is 5.26 Å². The summed E-state index contributed by atoms with van der Waals surface area (Å²) in [5, 5.41) is 12.4. The lowest BCUT2D eigenvalue weighted by Crippen LogP contribution is -2.04. The highest BCUT2D eigenvalue weighted by Crippen LogP contribution is 2.27. The fraction of sp³-hybridized carbons (Fsp3) is 0.250. The van der Waals surface area contributed by atoms with E-state index < -0.39 is 0 Å². The minimum atomic E-state index is 0.559. The summed E-state index contributed by atoms with van der Waals surface area (Å²) in [6.07, 6.45) is 0. The highest BCUT2D eigenvalue weighted by Gasteiger charge is 2.10. The maximum Gasteiger partial charge on any atom is 0.144 e. The van der Waals surface area contributed by atoms with Gasteiger partial charge in [-0.25, -0.2) is 4.98 Å². The van der Waals surface area contributed by atoms with Crippen molar-refractivity contribution in [2.45, 2.75) is 13.8 Å². The molecule has 4 nitrogen and oxygen atoms in total. The Labute approximate surface area is 119 Å². The number of rotatable bonds is 4. The molecule has 0 saturated carbocycles. The zero-order valence-electron chi connectivity index (χ0n) is 11.9. The Morgan fingerprint density at radius 2 is 2.00 bits per heavy atom. The molecule has 1 N–H and O–H groups in total. The summed E-state index contributed by atoms with van der Waals surface area (Å²) in [5.74, 6) is 1.45. The molecule has 0 unspecified atom stereocenters. The molecule has 0 bridgehead atoms. The Kier molecular flexibility index (Phi) is 4.21. The summed E-state index contributed by atoms with van der Waals surface area (Å²) >= 11 is 0. The molecule has 0 aliphatic heterocycles. The minimum Gasteiger partial charge on any atom is -0.497 e. The van der Waals surface area contributed by atoms with Crippen LogP contribution in [-0.4, -0.2) is 18.6 Å². The van der Waals surface area contributed by atoms with Gasteiger partial charge < -0.3 is 10.1 Å². The summed E-state index contributed by atoms with van der Waals surface area (Å²) < 4.78 is 5.15. The second-order valence-electron chi connectivity index (χ2n) is 4.39. The molecule has 2 aromatic rings. The molecule has 1 aromatic carbocycles. The van der Waals surface area contributed by atoms with Crippen molar-refractivity contribution >= 4 is 5.82 Å². The monoisotopic (exact) mass is 267 g/mol. The van der Waals surface area contributed by atoms with Crippen LogP contribution in [0.5, 0.6) is 5.75 Å². The van der Waals surface area contributed by atoms with Crippen LogP contribution in [0.2, 0.25) is 0 Å². The van der Waals surface area contributed by atoms with Gasteiger partial charge in [-0.15, -0.1) is 0 Å². The first-order chi connectivity index (χ1) is 9.69. The summed E-state index contributed by atoms with van der Waals surface area (Å²) in [5.41, 5.74) is 3.44. The van der Waals surface area contributed by atoms with Gasteiger partial charge in [0.25, 0.3) is 0 Å².